The Hall–Kier alpha value is -1.68. The van der Waals surface area contributed by atoms with Crippen LogP contribution in [-0.4, -0.2) is 20.8 Å². The molecular weight excluding hydrogens is 262 g/mol. The summed E-state index contributed by atoms with van der Waals surface area (Å²) < 4.78 is 10.9. The standard InChI is InChI=1S/C18H23NO2/c1-20-18(21-2)17-11-7-6-10-16(17)15(12-13-19)14-8-4-3-5-9-14/h3-11,15,18H,12-13,19H2,1-2H3/t15-/m0/s1. The molecule has 0 aliphatic heterocycles. The monoisotopic (exact) mass is 285 g/mol. The molecule has 2 aromatic rings. The fourth-order valence-corrected chi connectivity index (χ4v) is 2.75. The van der Waals surface area contributed by atoms with Gasteiger partial charge in [0.25, 0.3) is 0 Å². The van der Waals surface area contributed by atoms with E-state index in [0.717, 1.165) is 12.0 Å². The number of benzene rings is 2. The molecule has 0 fully saturated rings. The van der Waals surface area contributed by atoms with Gasteiger partial charge in [0.2, 0.25) is 0 Å². The Labute approximate surface area is 126 Å². The summed E-state index contributed by atoms with van der Waals surface area (Å²) in [5.74, 6) is 0.250. The molecule has 0 aromatic heterocycles. The summed E-state index contributed by atoms with van der Waals surface area (Å²) in [5.41, 5.74) is 9.37. The highest BCUT2D eigenvalue weighted by molar-refractivity contribution is 5.38. The number of rotatable bonds is 7. The molecule has 3 heteroatoms. The molecule has 0 spiro atoms. The van der Waals surface area contributed by atoms with E-state index in [0.29, 0.717) is 6.54 Å². The lowest BCUT2D eigenvalue weighted by Gasteiger charge is -2.24. The summed E-state index contributed by atoms with van der Waals surface area (Å²) in [7, 11) is 3.32. The van der Waals surface area contributed by atoms with Crippen LogP contribution in [0.4, 0.5) is 0 Å². The van der Waals surface area contributed by atoms with E-state index in [2.05, 4.69) is 36.4 Å². The first-order valence-electron chi connectivity index (χ1n) is 7.21. The molecule has 2 N–H and O–H groups in total. The van der Waals surface area contributed by atoms with Crippen molar-refractivity contribution < 1.29 is 9.47 Å². The zero-order valence-corrected chi connectivity index (χ0v) is 12.7. The number of ether oxygens (including phenoxy) is 2. The smallest absolute Gasteiger partial charge is 0.183 e. The lowest BCUT2D eigenvalue weighted by Crippen LogP contribution is -2.14. The van der Waals surface area contributed by atoms with Crippen molar-refractivity contribution in [3.8, 4) is 0 Å². The molecule has 0 aliphatic carbocycles. The second-order valence-electron chi connectivity index (χ2n) is 4.97. The van der Waals surface area contributed by atoms with Gasteiger partial charge in [-0.2, -0.15) is 0 Å². The molecule has 0 radical (unpaired) electrons. The highest BCUT2D eigenvalue weighted by Gasteiger charge is 2.21. The van der Waals surface area contributed by atoms with E-state index in [9.17, 15) is 0 Å². The molecule has 2 aromatic carbocycles. The van der Waals surface area contributed by atoms with Crippen molar-refractivity contribution in [2.45, 2.75) is 18.6 Å². The first-order chi connectivity index (χ1) is 10.3. The Balaban J connectivity index is 2.46. The zero-order chi connectivity index (χ0) is 15.1. The van der Waals surface area contributed by atoms with Gasteiger partial charge in [-0.05, 0) is 24.1 Å². The molecule has 112 valence electrons. The van der Waals surface area contributed by atoms with E-state index in [1.54, 1.807) is 14.2 Å². The highest BCUT2D eigenvalue weighted by Crippen LogP contribution is 2.33. The Morgan fingerprint density at radius 2 is 1.43 bits per heavy atom. The van der Waals surface area contributed by atoms with E-state index in [1.807, 2.05) is 18.2 Å². The van der Waals surface area contributed by atoms with Crippen LogP contribution < -0.4 is 5.73 Å². The predicted octanol–water partition coefficient (Wildman–Crippen LogP) is 3.46. The second-order valence-corrected chi connectivity index (χ2v) is 4.97. The van der Waals surface area contributed by atoms with Gasteiger partial charge in [0.1, 0.15) is 0 Å². The average Bonchev–Trinajstić information content (AvgIpc) is 2.55. The number of nitrogens with two attached hydrogens (primary N) is 1. The largest absolute Gasteiger partial charge is 0.352 e. The second kappa shape index (κ2) is 7.93. The van der Waals surface area contributed by atoms with Crippen LogP contribution in [0.2, 0.25) is 0 Å². The predicted molar refractivity (Wildman–Crippen MR) is 85.2 cm³/mol. The maximum Gasteiger partial charge on any atom is 0.183 e. The fourth-order valence-electron chi connectivity index (χ4n) is 2.75. The van der Waals surface area contributed by atoms with E-state index in [1.165, 1.54) is 11.1 Å². The van der Waals surface area contributed by atoms with Crippen LogP contribution >= 0.6 is 0 Å². The third kappa shape index (κ3) is 3.70. The van der Waals surface area contributed by atoms with Gasteiger partial charge in [-0.15, -0.1) is 0 Å². The Morgan fingerprint density at radius 1 is 0.857 bits per heavy atom. The van der Waals surface area contributed by atoms with Crippen LogP contribution in [0.1, 0.15) is 35.3 Å². The van der Waals surface area contributed by atoms with Crippen LogP contribution in [0.3, 0.4) is 0 Å². The van der Waals surface area contributed by atoms with Crippen molar-refractivity contribution in [2.75, 3.05) is 20.8 Å². The minimum Gasteiger partial charge on any atom is -0.352 e. The molecule has 0 unspecified atom stereocenters. The van der Waals surface area contributed by atoms with Gasteiger partial charge in [0, 0.05) is 25.7 Å². The molecule has 0 heterocycles. The van der Waals surface area contributed by atoms with Crippen molar-refractivity contribution in [3.63, 3.8) is 0 Å². The molecule has 2 rings (SSSR count). The molecule has 0 saturated carbocycles. The van der Waals surface area contributed by atoms with E-state index in [-0.39, 0.29) is 12.2 Å². The molecule has 1 atom stereocenters. The first kappa shape index (κ1) is 15.7. The van der Waals surface area contributed by atoms with Crippen LogP contribution in [-0.2, 0) is 9.47 Å². The van der Waals surface area contributed by atoms with Gasteiger partial charge in [-0.1, -0.05) is 54.6 Å². The van der Waals surface area contributed by atoms with Crippen LogP contribution in [0, 0.1) is 0 Å². The van der Waals surface area contributed by atoms with Crippen molar-refractivity contribution in [1.29, 1.82) is 0 Å². The first-order valence-corrected chi connectivity index (χ1v) is 7.21. The SMILES string of the molecule is COC(OC)c1ccccc1[C@@H](CCN)c1ccccc1. The molecular formula is C18H23NO2. The van der Waals surface area contributed by atoms with Gasteiger partial charge in [0.05, 0.1) is 0 Å². The number of methoxy groups -OCH3 is 2. The van der Waals surface area contributed by atoms with E-state index in [4.69, 9.17) is 15.2 Å². The minimum absolute atomic E-state index is 0.250. The molecule has 0 amide bonds. The quantitative estimate of drug-likeness (QED) is 0.792. The normalized spacial score (nSPS) is 12.6. The van der Waals surface area contributed by atoms with Gasteiger partial charge in [-0.3, -0.25) is 0 Å². The Morgan fingerprint density at radius 3 is 2.00 bits per heavy atom. The highest BCUT2D eigenvalue weighted by atomic mass is 16.7. The van der Waals surface area contributed by atoms with Crippen molar-refractivity contribution >= 4 is 0 Å². The molecule has 3 nitrogen and oxygen atoms in total. The third-order valence-corrected chi connectivity index (χ3v) is 3.71. The molecule has 21 heavy (non-hydrogen) atoms. The van der Waals surface area contributed by atoms with E-state index < -0.39 is 0 Å². The lowest BCUT2D eigenvalue weighted by atomic mass is 9.85. The van der Waals surface area contributed by atoms with Crippen molar-refractivity contribution in [1.82, 2.24) is 0 Å². The van der Waals surface area contributed by atoms with Gasteiger partial charge >= 0.3 is 0 Å². The van der Waals surface area contributed by atoms with Gasteiger partial charge in [0.15, 0.2) is 6.29 Å². The number of hydrogen-bond donors (Lipinski definition) is 1. The minimum atomic E-state index is -0.356. The fraction of sp³-hybridized carbons (Fsp3) is 0.333. The average molecular weight is 285 g/mol. The summed E-state index contributed by atoms with van der Waals surface area (Å²) in [6, 6.07) is 18.7. The summed E-state index contributed by atoms with van der Waals surface area (Å²) in [5, 5.41) is 0. The third-order valence-electron chi connectivity index (χ3n) is 3.71. The topological polar surface area (TPSA) is 44.5 Å². The van der Waals surface area contributed by atoms with Crippen molar-refractivity contribution in [2.24, 2.45) is 5.73 Å². The molecule has 0 bridgehead atoms. The lowest BCUT2D eigenvalue weighted by molar-refractivity contribution is -0.106. The summed E-state index contributed by atoms with van der Waals surface area (Å²) in [6.07, 6.45) is 0.534. The zero-order valence-electron chi connectivity index (χ0n) is 12.7. The van der Waals surface area contributed by atoms with Crippen molar-refractivity contribution in [3.05, 3.63) is 71.3 Å². The Kier molecular flexibility index (Phi) is 5.93. The summed E-state index contributed by atoms with van der Waals surface area (Å²) >= 11 is 0. The van der Waals surface area contributed by atoms with Crippen LogP contribution in [0.25, 0.3) is 0 Å². The molecule has 0 aliphatic rings. The summed E-state index contributed by atoms with van der Waals surface area (Å²) in [4.78, 5) is 0. The van der Waals surface area contributed by atoms with E-state index >= 15 is 0 Å². The maximum atomic E-state index is 5.83. The molecule has 0 saturated heterocycles. The van der Waals surface area contributed by atoms with Gasteiger partial charge in [-0.25, -0.2) is 0 Å². The van der Waals surface area contributed by atoms with Crippen LogP contribution in [0.15, 0.2) is 54.6 Å². The van der Waals surface area contributed by atoms with Gasteiger partial charge < -0.3 is 15.2 Å². The Bertz CT molecular complexity index is 538. The number of hydrogen-bond acceptors (Lipinski definition) is 3. The van der Waals surface area contributed by atoms with Crippen LogP contribution in [0.5, 0.6) is 0 Å². The summed E-state index contributed by atoms with van der Waals surface area (Å²) in [6.45, 7) is 0.637. The maximum absolute atomic E-state index is 5.83.